The summed E-state index contributed by atoms with van der Waals surface area (Å²) in [5.74, 6) is 0.634. The van der Waals surface area contributed by atoms with Crippen LogP contribution in [0.3, 0.4) is 0 Å². The Morgan fingerprint density at radius 3 is 2.73 bits per heavy atom. The lowest BCUT2D eigenvalue weighted by Crippen LogP contribution is -2.60. The number of hydrogen-bond donors (Lipinski definition) is 4. The van der Waals surface area contributed by atoms with Crippen molar-refractivity contribution in [2.24, 2.45) is 0 Å². The topological polar surface area (TPSA) is 194 Å². The highest BCUT2D eigenvalue weighted by Crippen LogP contribution is 2.37. The monoisotopic (exact) mass is 560 g/mol. The van der Waals surface area contributed by atoms with Crippen LogP contribution < -0.4 is 20.9 Å². The van der Waals surface area contributed by atoms with Crippen molar-refractivity contribution < 1.29 is 9.90 Å². The maximum Gasteiger partial charge on any atom is 0.404 e. The number of hydrogen-bond acceptors (Lipinski definition) is 11. The van der Waals surface area contributed by atoms with Crippen molar-refractivity contribution in [2.75, 3.05) is 42.2 Å². The van der Waals surface area contributed by atoms with Gasteiger partial charge in [0.25, 0.3) is 0 Å². The van der Waals surface area contributed by atoms with Gasteiger partial charge in [0, 0.05) is 25.2 Å². The summed E-state index contributed by atoms with van der Waals surface area (Å²) in [4.78, 5) is 24.0. The average Bonchev–Trinajstić information content (AvgIpc) is 3.65. The van der Waals surface area contributed by atoms with E-state index in [1.807, 2.05) is 4.90 Å². The molecule has 0 spiro atoms. The predicted octanol–water partition coefficient (Wildman–Crippen LogP) is 2.51. The molecule has 3 aromatic rings. The normalized spacial score (nSPS) is 18.6. The summed E-state index contributed by atoms with van der Waals surface area (Å²) in [5, 5.41) is 51.5. The molecule has 0 radical (unpaired) electrons. The Labute approximate surface area is 234 Å². The van der Waals surface area contributed by atoms with Crippen LogP contribution >= 0.6 is 11.6 Å². The lowest BCUT2D eigenvalue weighted by molar-refractivity contribution is 0.159. The zero-order chi connectivity index (χ0) is 28.4. The van der Waals surface area contributed by atoms with Crippen LogP contribution in [0.1, 0.15) is 30.5 Å². The molecule has 2 fully saturated rings. The van der Waals surface area contributed by atoms with Gasteiger partial charge in [-0.1, -0.05) is 11.6 Å². The minimum Gasteiger partial charge on any atom is -0.465 e. The zero-order valence-electron chi connectivity index (χ0n) is 21.5. The third-order valence-electron chi connectivity index (χ3n) is 6.94. The first-order chi connectivity index (χ1) is 19.3. The first kappa shape index (κ1) is 26.8. The van der Waals surface area contributed by atoms with E-state index >= 15 is 0 Å². The number of nitrogens with zero attached hydrogens (tertiary/aromatic N) is 9. The van der Waals surface area contributed by atoms with Crippen LogP contribution in [0.2, 0.25) is 5.02 Å². The second-order valence-electron chi connectivity index (χ2n) is 9.72. The van der Waals surface area contributed by atoms with Crippen LogP contribution in [-0.2, 0) is 0 Å². The molecule has 0 bridgehead atoms. The highest BCUT2D eigenvalue weighted by Gasteiger charge is 2.34. The minimum absolute atomic E-state index is 0.116. The van der Waals surface area contributed by atoms with Crippen LogP contribution in [0.4, 0.5) is 27.9 Å². The Morgan fingerprint density at radius 1 is 1.25 bits per heavy atom. The maximum atomic E-state index is 11.4. The Kier molecular flexibility index (Phi) is 7.43. The number of amides is 1. The van der Waals surface area contributed by atoms with Gasteiger partial charge >= 0.3 is 6.09 Å². The molecule has 2 aliphatic rings. The van der Waals surface area contributed by atoms with E-state index in [2.05, 4.69) is 49.2 Å². The van der Waals surface area contributed by atoms with E-state index < -0.39 is 6.09 Å². The number of benzene rings is 1. The van der Waals surface area contributed by atoms with E-state index in [-0.39, 0.29) is 36.3 Å². The highest BCUT2D eigenvalue weighted by atomic mass is 35.5. The quantitative estimate of drug-likeness (QED) is 0.294. The van der Waals surface area contributed by atoms with E-state index in [0.29, 0.717) is 52.9 Å². The number of likely N-dealkylation sites (N-methyl/N-ethyl adjacent to an activating group) is 1. The largest absolute Gasteiger partial charge is 0.465 e. The Balaban J connectivity index is 1.49. The number of nitrogens with one attached hydrogen (secondary N) is 3. The molecule has 1 saturated carbocycles. The zero-order valence-corrected chi connectivity index (χ0v) is 22.2. The van der Waals surface area contributed by atoms with Gasteiger partial charge in [-0.25, -0.2) is 9.78 Å². The molecule has 15 heteroatoms. The molecular formula is C25H25ClN12O2. The van der Waals surface area contributed by atoms with Gasteiger partial charge in [0.1, 0.15) is 6.07 Å². The molecule has 1 amide bonds. The van der Waals surface area contributed by atoms with E-state index in [4.69, 9.17) is 11.6 Å². The molecule has 204 valence electrons. The summed E-state index contributed by atoms with van der Waals surface area (Å²) in [6, 6.07) is 9.18. The molecule has 5 rings (SSSR count). The number of imidazole rings is 1. The van der Waals surface area contributed by atoms with Crippen molar-refractivity contribution in [1.82, 2.24) is 29.8 Å². The van der Waals surface area contributed by atoms with E-state index in [9.17, 15) is 25.7 Å². The SMILES string of the molecule is CN(CC#N)[C@H]1CN(c2cc(C#N)cc(Nc3nc(NC4CC4)c4ncc(C#N)n4n3)c2Cl)CC[C@@H]1NC(=O)O. The van der Waals surface area contributed by atoms with Gasteiger partial charge in [0.05, 0.1) is 52.9 Å². The summed E-state index contributed by atoms with van der Waals surface area (Å²) >= 11 is 6.89. The number of nitriles is 3. The fourth-order valence-corrected chi connectivity index (χ4v) is 5.07. The van der Waals surface area contributed by atoms with E-state index in [1.54, 1.807) is 24.1 Å². The second kappa shape index (κ2) is 11.1. The van der Waals surface area contributed by atoms with Crippen LogP contribution in [0, 0.1) is 34.0 Å². The molecule has 4 N–H and O–H groups in total. The Bertz CT molecular complexity index is 1580. The number of anilines is 4. The molecule has 2 atom stereocenters. The number of aromatic nitrogens is 4. The van der Waals surface area contributed by atoms with Crippen molar-refractivity contribution in [3.05, 3.63) is 34.6 Å². The van der Waals surface area contributed by atoms with Crippen LogP contribution in [0.25, 0.3) is 5.65 Å². The molecule has 1 saturated heterocycles. The number of fused-ring (bicyclic) bond motifs is 1. The summed E-state index contributed by atoms with van der Waals surface area (Å²) in [7, 11) is 1.76. The molecule has 1 aromatic carbocycles. The number of carbonyl (C=O) groups is 1. The van der Waals surface area contributed by atoms with Crippen LogP contribution in [0.15, 0.2) is 18.3 Å². The maximum absolute atomic E-state index is 11.4. The van der Waals surface area contributed by atoms with Gasteiger partial charge in [-0.05, 0) is 38.4 Å². The Morgan fingerprint density at radius 2 is 2.05 bits per heavy atom. The smallest absolute Gasteiger partial charge is 0.404 e. The van der Waals surface area contributed by atoms with Crippen molar-refractivity contribution in [2.45, 2.75) is 37.4 Å². The van der Waals surface area contributed by atoms with E-state index in [0.717, 1.165) is 12.8 Å². The first-order valence-electron chi connectivity index (χ1n) is 12.6. The summed E-state index contributed by atoms with van der Waals surface area (Å²) in [6.45, 7) is 0.953. The fourth-order valence-electron chi connectivity index (χ4n) is 4.80. The molecular weight excluding hydrogens is 536 g/mol. The van der Waals surface area contributed by atoms with Gasteiger partial charge in [-0.2, -0.15) is 25.3 Å². The average molecular weight is 561 g/mol. The number of piperidine rings is 1. The summed E-state index contributed by atoms with van der Waals surface area (Å²) in [5.41, 5.74) is 1.97. The lowest BCUT2D eigenvalue weighted by atomic mass is 9.97. The van der Waals surface area contributed by atoms with Crippen molar-refractivity contribution in [3.63, 3.8) is 0 Å². The van der Waals surface area contributed by atoms with Gasteiger partial charge < -0.3 is 26.0 Å². The minimum atomic E-state index is -1.13. The first-order valence-corrected chi connectivity index (χ1v) is 12.9. The number of rotatable bonds is 8. The molecule has 40 heavy (non-hydrogen) atoms. The van der Waals surface area contributed by atoms with Gasteiger partial charge in [0.2, 0.25) is 5.95 Å². The molecule has 3 heterocycles. The second-order valence-corrected chi connectivity index (χ2v) is 10.1. The fraction of sp³-hybridized carbons (Fsp3) is 0.400. The van der Waals surface area contributed by atoms with Crippen molar-refractivity contribution in [1.29, 1.82) is 15.8 Å². The molecule has 1 aliphatic carbocycles. The number of carboxylic acid groups (broad SMARTS) is 1. The highest BCUT2D eigenvalue weighted by molar-refractivity contribution is 6.36. The van der Waals surface area contributed by atoms with Gasteiger partial charge in [0.15, 0.2) is 17.2 Å². The van der Waals surface area contributed by atoms with Crippen LogP contribution in [-0.4, -0.2) is 80.5 Å². The molecule has 1 aliphatic heterocycles. The standard InChI is InChI=1S/C25H25ClN12O2/c1-36(7-5-27)20-13-37(6-4-17(20)33-25(39)40)19-9-14(10-28)8-18(21(19)26)32-24-34-22(31-15-2-3-15)23-30-12-16(11-29)38(23)35-24/h8-9,12,15,17,20,33H,2-4,6-7,13H2,1H3,(H,39,40)(H2,31,32,34,35)/t17-,20-/m0/s1. The predicted molar refractivity (Wildman–Crippen MR) is 145 cm³/mol. The third-order valence-corrected chi connectivity index (χ3v) is 7.34. The van der Waals surface area contributed by atoms with Gasteiger partial charge in [-0.15, -0.1) is 5.10 Å². The summed E-state index contributed by atoms with van der Waals surface area (Å²) in [6.07, 6.45) is 2.78. The molecule has 2 aromatic heterocycles. The molecule has 14 nitrogen and oxygen atoms in total. The van der Waals surface area contributed by atoms with Crippen molar-refractivity contribution >= 4 is 46.5 Å². The summed E-state index contributed by atoms with van der Waals surface area (Å²) < 4.78 is 1.40. The van der Waals surface area contributed by atoms with E-state index in [1.165, 1.54) is 10.7 Å². The molecule has 0 unspecified atom stereocenters. The van der Waals surface area contributed by atoms with Crippen molar-refractivity contribution in [3.8, 4) is 18.2 Å². The lowest BCUT2D eigenvalue weighted by Gasteiger charge is -2.43. The third kappa shape index (κ3) is 5.47. The van der Waals surface area contributed by atoms with Gasteiger partial charge in [-0.3, -0.25) is 4.90 Å². The number of halogens is 1. The Hall–Kier alpha value is -4.84. The van der Waals surface area contributed by atoms with Crippen LogP contribution in [0.5, 0.6) is 0 Å².